The molecule has 0 saturated carbocycles. The third-order valence-corrected chi connectivity index (χ3v) is 5.01. The molecule has 0 atom stereocenters. The van der Waals surface area contributed by atoms with Crippen LogP contribution < -0.4 is 5.32 Å². The first-order chi connectivity index (χ1) is 12.1. The van der Waals surface area contributed by atoms with Crippen LogP contribution in [0.15, 0.2) is 54.7 Å². The standard InChI is InChI=1S/C22H23FN2/c1-15(2)17-3-8-20-21(16-9-11-24-12-10-16)14-25(22(20)13-17)19-6-4-18(23)5-7-19/h3-9,13-15,24H,10-12H2,1-2H3. The fraction of sp³-hybridized carbons (Fsp3) is 0.273. The van der Waals surface area contributed by atoms with Crippen molar-refractivity contribution >= 4 is 16.5 Å². The molecule has 2 nitrogen and oxygen atoms in total. The molecule has 0 fully saturated rings. The Kier molecular flexibility index (Phi) is 4.18. The molecule has 0 spiro atoms. The van der Waals surface area contributed by atoms with Gasteiger partial charge < -0.3 is 9.88 Å². The molecule has 3 aromatic rings. The van der Waals surface area contributed by atoms with Gasteiger partial charge in [-0.05, 0) is 60.4 Å². The Morgan fingerprint density at radius 3 is 2.56 bits per heavy atom. The van der Waals surface area contributed by atoms with Gasteiger partial charge in [0.25, 0.3) is 0 Å². The second kappa shape index (κ2) is 6.49. The van der Waals surface area contributed by atoms with Crippen molar-refractivity contribution in [3.63, 3.8) is 0 Å². The summed E-state index contributed by atoms with van der Waals surface area (Å²) in [7, 11) is 0. The summed E-state index contributed by atoms with van der Waals surface area (Å²) in [4.78, 5) is 0. The first-order valence-corrected chi connectivity index (χ1v) is 8.94. The van der Waals surface area contributed by atoms with Gasteiger partial charge in [-0.15, -0.1) is 0 Å². The molecule has 128 valence electrons. The molecule has 0 saturated heterocycles. The Bertz CT molecular complexity index is 933. The molecule has 0 bridgehead atoms. The number of rotatable bonds is 3. The number of aromatic nitrogens is 1. The lowest BCUT2D eigenvalue weighted by molar-refractivity contribution is 0.627. The van der Waals surface area contributed by atoms with Gasteiger partial charge in [-0.25, -0.2) is 4.39 Å². The van der Waals surface area contributed by atoms with Crippen LogP contribution in [0, 0.1) is 5.82 Å². The molecule has 0 unspecified atom stereocenters. The highest BCUT2D eigenvalue weighted by Gasteiger charge is 2.16. The number of halogens is 1. The first kappa shape index (κ1) is 16.1. The summed E-state index contributed by atoms with van der Waals surface area (Å²) >= 11 is 0. The zero-order valence-corrected chi connectivity index (χ0v) is 14.7. The minimum Gasteiger partial charge on any atom is -0.316 e. The van der Waals surface area contributed by atoms with Crippen molar-refractivity contribution < 1.29 is 4.39 Å². The van der Waals surface area contributed by atoms with Gasteiger partial charge in [-0.3, -0.25) is 0 Å². The van der Waals surface area contributed by atoms with E-state index in [2.05, 4.69) is 54.2 Å². The van der Waals surface area contributed by atoms with Crippen molar-refractivity contribution in [2.45, 2.75) is 26.2 Å². The summed E-state index contributed by atoms with van der Waals surface area (Å²) < 4.78 is 15.6. The molecule has 0 radical (unpaired) electrons. The Hall–Kier alpha value is -2.39. The summed E-state index contributed by atoms with van der Waals surface area (Å²) in [5, 5.41) is 4.64. The van der Waals surface area contributed by atoms with E-state index >= 15 is 0 Å². The molecular formula is C22H23FN2. The zero-order chi connectivity index (χ0) is 17.4. The first-order valence-electron chi connectivity index (χ1n) is 8.94. The van der Waals surface area contributed by atoms with Crippen LogP contribution in [0.4, 0.5) is 4.39 Å². The number of hydrogen-bond donors (Lipinski definition) is 1. The van der Waals surface area contributed by atoms with Crippen molar-refractivity contribution in [3.8, 4) is 5.69 Å². The SMILES string of the molecule is CC(C)c1ccc2c(C3=CCNCC3)cn(-c3ccc(F)cc3)c2c1. The molecule has 2 aromatic carbocycles. The molecule has 1 aliphatic heterocycles. The molecule has 1 N–H and O–H groups in total. The number of nitrogens with zero attached hydrogens (tertiary/aromatic N) is 1. The van der Waals surface area contributed by atoms with E-state index < -0.39 is 0 Å². The smallest absolute Gasteiger partial charge is 0.123 e. The van der Waals surface area contributed by atoms with Gasteiger partial charge in [-0.1, -0.05) is 32.1 Å². The van der Waals surface area contributed by atoms with Crippen molar-refractivity contribution in [2.75, 3.05) is 13.1 Å². The maximum atomic E-state index is 13.4. The van der Waals surface area contributed by atoms with E-state index in [0.29, 0.717) is 5.92 Å². The number of hydrogen-bond acceptors (Lipinski definition) is 1. The van der Waals surface area contributed by atoms with Gasteiger partial charge in [0.15, 0.2) is 0 Å². The summed E-state index contributed by atoms with van der Waals surface area (Å²) in [6.45, 7) is 6.35. The fourth-order valence-corrected chi connectivity index (χ4v) is 3.54. The highest BCUT2D eigenvalue weighted by molar-refractivity contribution is 5.95. The highest BCUT2D eigenvalue weighted by Crippen LogP contribution is 2.33. The van der Waals surface area contributed by atoms with Crippen molar-refractivity contribution in [1.29, 1.82) is 0 Å². The summed E-state index contributed by atoms with van der Waals surface area (Å²) in [5.41, 5.74) is 6.18. The summed E-state index contributed by atoms with van der Waals surface area (Å²) in [6.07, 6.45) is 5.53. The molecule has 1 aromatic heterocycles. The van der Waals surface area contributed by atoms with Crippen LogP contribution in [0.25, 0.3) is 22.2 Å². The van der Waals surface area contributed by atoms with E-state index in [1.807, 2.05) is 12.1 Å². The fourth-order valence-electron chi connectivity index (χ4n) is 3.54. The third kappa shape index (κ3) is 3.00. The monoisotopic (exact) mass is 334 g/mol. The van der Waals surface area contributed by atoms with Crippen LogP contribution in [0.3, 0.4) is 0 Å². The normalized spacial score (nSPS) is 15.0. The Morgan fingerprint density at radius 1 is 1.08 bits per heavy atom. The van der Waals surface area contributed by atoms with Crippen molar-refractivity contribution in [2.24, 2.45) is 0 Å². The average Bonchev–Trinajstić information content (AvgIpc) is 3.02. The van der Waals surface area contributed by atoms with Crippen LogP contribution in [0.2, 0.25) is 0 Å². The van der Waals surface area contributed by atoms with E-state index in [-0.39, 0.29) is 5.82 Å². The van der Waals surface area contributed by atoms with Crippen LogP contribution in [-0.2, 0) is 0 Å². The molecule has 0 amide bonds. The van der Waals surface area contributed by atoms with Crippen LogP contribution in [0.1, 0.15) is 37.3 Å². The van der Waals surface area contributed by atoms with Crippen LogP contribution in [0.5, 0.6) is 0 Å². The topological polar surface area (TPSA) is 17.0 Å². The number of benzene rings is 2. The molecular weight excluding hydrogens is 311 g/mol. The molecule has 25 heavy (non-hydrogen) atoms. The van der Waals surface area contributed by atoms with E-state index in [4.69, 9.17) is 0 Å². The quantitative estimate of drug-likeness (QED) is 0.690. The van der Waals surface area contributed by atoms with Crippen LogP contribution in [-0.4, -0.2) is 17.7 Å². The lowest BCUT2D eigenvalue weighted by Gasteiger charge is -2.13. The maximum absolute atomic E-state index is 13.4. The third-order valence-electron chi connectivity index (χ3n) is 5.01. The molecule has 2 heterocycles. The lowest BCUT2D eigenvalue weighted by Crippen LogP contribution is -2.19. The average molecular weight is 334 g/mol. The van der Waals surface area contributed by atoms with E-state index in [9.17, 15) is 4.39 Å². The number of fused-ring (bicyclic) bond motifs is 1. The Labute approximate surface area is 148 Å². The molecule has 4 rings (SSSR count). The van der Waals surface area contributed by atoms with Gasteiger partial charge in [0.1, 0.15) is 5.82 Å². The van der Waals surface area contributed by atoms with E-state index in [0.717, 1.165) is 25.2 Å². The van der Waals surface area contributed by atoms with Gasteiger partial charge in [-0.2, -0.15) is 0 Å². The van der Waals surface area contributed by atoms with Gasteiger partial charge in [0.2, 0.25) is 0 Å². The minimum atomic E-state index is -0.204. The van der Waals surface area contributed by atoms with Crippen LogP contribution >= 0.6 is 0 Å². The number of nitrogens with one attached hydrogen (secondary N) is 1. The van der Waals surface area contributed by atoms with Gasteiger partial charge >= 0.3 is 0 Å². The molecule has 3 heteroatoms. The second-order valence-electron chi connectivity index (χ2n) is 7.00. The van der Waals surface area contributed by atoms with Crippen molar-refractivity contribution in [3.05, 3.63) is 71.7 Å². The Balaban J connectivity index is 1.95. The van der Waals surface area contributed by atoms with E-state index in [1.165, 1.54) is 39.7 Å². The molecule has 0 aliphatic carbocycles. The highest BCUT2D eigenvalue weighted by atomic mass is 19.1. The zero-order valence-electron chi connectivity index (χ0n) is 14.7. The van der Waals surface area contributed by atoms with E-state index in [1.54, 1.807) is 0 Å². The van der Waals surface area contributed by atoms with Crippen molar-refractivity contribution in [1.82, 2.24) is 9.88 Å². The summed E-state index contributed by atoms with van der Waals surface area (Å²) in [5.74, 6) is 0.270. The Morgan fingerprint density at radius 2 is 1.88 bits per heavy atom. The largest absolute Gasteiger partial charge is 0.316 e. The lowest BCUT2D eigenvalue weighted by atomic mass is 9.97. The molecule has 1 aliphatic rings. The minimum absolute atomic E-state index is 0.204. The summed E-state index contributed by atoms with van der Waals surface area (Å²) in [6, 6.07) is 13.5. The predicted molar refractivity (Wildman–Crippen MR) is 103 cm³/mol. The van der Waals surface area contributed by atoms with Gasteiger partial charge in [0, 0.05) is 29.4 Å². The van der Waals surface area contributed by atoms with Gasteiger partial charge in [0.05, 0.1) is 5.52 Å². The predicted octanol–water partition coefficient (Wildman–Crippen LogP) is 5.27. The maximum Gasteiger partial charge on any atom is 0.123 e. The second-order valence-corrected chi connectivity index (χ2v) is 7.00.